The van der Waals surface area contributed by atoms with Gasteiger partial charge in [0.1, 0.15) is 18.2 Å². The number of hydrogen-bond acceptors (Lipinski definition) is 4. The van der Waals surface area contributed by atoms with Crippen LogP contribution in [0.2, 0.25) is 0 Å². The molecule has 0 saturated carbocycles. The molecule has 2 aliphatic heterocycles. The number of fused-ring (bicyclic) bond motifs is 1. The smallest absolute Gasteiger partial charge is 0.416 e. The summed E-state index contributed by atoms with van der Waals surface area (Å²) < 4.78 is 44.3. The molecule has 2 aromatic rings. The lowest BCUT2D eigenvalue weighted by atomic mass is 10.00. The normalized spacial score (nSPS) is 19.6. The molecule has 4 rings (SSSR count). The van der Waals surface area contributed by atoms with Crippen molar-refractivity contribution in [3.8, 4) is 16.9 Å². The summed E-state index contributed by atoms with van der Waals surface area (Å²) in [4.78, 5) is 6.84. The summed E-state index contributed by atoms with van der Waals surface area (Å²) in [6.07, 6.45) is -3.44. The number of aliphatic hydroxyl groups is 1. The summed E-state index contributed by atoms with van der Waals surface area (Å²) in [6, 6.07) is 10.8. The Hall–Kier alpha value is -2.54. The second-order valence-electron chi connectivity index (χ2n) is 7.12. The van der Waals surface area contributed by atoms with Gasteiger partial charge < -0.3 is 14.7 Å². The number of alkyl halides is 3. The molecular formula is C21H21F3N2O2. The molecule has 0 spiro atoms. The number of amidine groups is 1. The van der Waals surface area contributed by atoms with Crippen LogP contribution in [0, 0.1) is 5.92 Å². The van der Waals surface area contributed by atoms with E-state index in [2.05, 4.69) is 9.89 Å². The van der Waals surface area contributed by atoms with Crippen LogP contribution in [0.1, 0.15) is 17.5 Å². The lowest BCUT2D eigenvalue weighted by Gasteiger charge is -2.22. The molecule has 28 heavy (non-hydrogen) atoms. The molecule has 0 bridgehead atoms. The maximum atomic E-state index is 12.8. The van der Waals surface area contributed by atoms with Gasteiger partial charge in [0.05, 0.1) is 17.7 Å². The van der Waals surface area contributed by atoms with E-state index in [0.29, 0.717) is 18.7 Å². The average molecular weight is 390 g/mol. The largest absolute Gasteiger partial charge is 0.491 e. The molecule has 4 nitrogen and oxygen atoms in total. The Bertz CT molecular complexity index is 878. The number of likely N-dealkylation sites (tertiary alicyclic amines) is 1. The van der Waals surface area contributed by atoms with E-state index in [-0.39, 0.29) is 12.5 Å². The molecule has 1 fully saturated rings. The van der Waals surface area contributed by atoms with Gasteiger partial charge in [-0.15, -0.1) is 0 Å². The van der Waals surface area contributed by atoms with Crippen LogP contribution in [-0.2, 0) is 6.18 Å². The summed E-state index contributed by atoms with van der Waals surface area (Å²) in [5, 5.41) is 9.43. The number of rotatable bonds is 2. The summed E-state index contributed by atoms with van der Waals surface area (Å²) in [6.45, 7) is 2.72. The zero-order valence-electron chi connectivity index (χ0n) is 15.2. The number of ether oxygens (including phenoxy) is 1. The van der Waals surface area contributed by atoms with Crippen LogP contribution in [0.5, 0.6) is 5.75 Å². The van der Waals surface area contributed by atoms with E-state index < -0.39 is 11.7 Å². The number of aliphatic hydroxyl groups excluding tert-OH is 1. The van der Waals surface area contributed by atoms with Crippen LogP contribution in [0.25, 0.3) is 11.1 Å². The van der Waals surface area contributed by atoms with Crippen molar-refractivity contribution in [2.24, 2.45) is 10.9 Å². The van der Waals surface area contributed by atoms with E-state index >= 15 is 0 Å². The molecule has 2 heterocycles. The van der Waals surface area contributed by atoms with E-state index in [4.69, 9.17) is 4.74 Å². The number of hydrogen-bond donors (Lipinski definition) is 1. The molecule has 0 amide bonds. The molecule has 0 aliphatic carbocycles. The van der Waals surface area contributed by atoms with Gasteiger partial charge in [-0.1, -0.05) is 18.2 Å². The highest BCUT2D eigenvalue weighted by molar-refractivity contribution is 6.02. The van der Waals surface area contributed by atoms with Crippen molar-refractivity contribution >= 4 is 5.84 Å². The van der Waals surface area contributed by atoms with Crippen molar-refractivity contribution in [3.63, 3.8) is 0 Å². The number of nitrogens with zero attached hydrogens (tertiary/aromatic N) is 2. The Morgan fingerprint density at radius 1 is 1.11 bits per heavy atom. The van der Waals surface area contributed by atoms with Crippen LogP contribution in [-0.4, -0.2) is 48.7 Å². The second-order valence-corrected chi connectivity index (χ2v) is 7.12. The summed E-state index contributed by atoms with van der Waals surface area (Å²) >= 11 is 0. The van der Waals surface area contributed by atoms with Crippen molar-refractivity contribution in [2.45, 2.75) is 12.6 Å². The van der Waals surface area contributed by atoms with Gasteiger partial charge in [-0.05, 0) is 41.8 Å². The fourth-order valence-corrected chi connectivity index (χ4v) is 3.70. The van der Waals surface area contributed by atoms with Crippen LogP contribution < -0.4 is 4.74 Å². The second kappa shape index (κ2) is 7.47. The zero-order chi connectivity index (χ0) is 19.7. The van der Waals surface area contributed by atoms with Gasteiger partial charge in [-0.3, -0.25) is 4.99 Å². The highest BCUT2D eigenvalue weighted by Crippen LogP contribution is 2.33. The molecule has 148 valence electrons. The van der Waals surface area contributed by atoms with Crippen molar-refractivity contribution < 1.29 is 23.0 Å². The third kappa shape index (κ3) is 3.71. The van der Waals surface area contributed by atoms with Crippen molar-refractivity contribution in [1.82, 2.24) is 4.90 Å². The predicted molar refractivity (Wildman–Crippen MR) is 101 cm³/mol. The van der Waals surface area contributed by atoms with Gasteiger partial charge in [0, 0.05) is 25.6 Å². The zero-order valence-corrected chi connectivity index (χ0v) is 15.2. The van der Waals surface area contributed by atoms with Crippen molar-refractivity contribution in [2.75, 3.05) is 32.8 Å². The van der Waals surface area contributed by atoms with Gasteiger partial charge in [-0.2, -0.15) is 13.2 Å². The molecule has 2 aromatic carbocycles. The Morgan fingerprint density at radius 3 is 2.54 bits per heavy atom. The van der Waals surface area contributed by atoms with Crippen molar-refractivity contribution in [3.05, 3.63) is 53.6 Å². The summed E-state index contributed by atoms with van der Waals surface area (Å²) in [5.41, 5.74) is 1.69. The van der Waals surface area contributed by atoms with Crippen LogP contribution in [0.15, 0.2) is 47.5 Å². The van der Waals surface area contributed by atoms with Gasteiger partial charge in [0.25, 0.3) is 0 Å². The first-order valence-corrected chi connectivity index (χ1v) is 9.31. The van der Waals surface area contributed by atoms with E-state index in [0.717, 1.165) is 54.4 Å². The first kappa shape index (κ1) is 18.8. The minimum atomic E-state index is -4.35. The Kier molecular flexibility index (Phi) is 5.02. The Balaban J connectivity index is 1.68. The molecule has 1 atom stereocenters. The van der Waals surface area contributed by atoms with E-state index in [1.165, 1.54) is 12.1 Å². The first-order valence-electron chi connectivity index (χ1n) is 9.31. The van der Waals surface area contributed by atoms with E-state index in [1.54, 1.807) is 0 Å². The fourth-order valence-electron chi connectivity index (χ4n) is 3.70. The lowest BCUT2D eigenvalue weighted by molar-refractivity contribution is -0.137. The van der Waals surface area contributed by atoms with E-state index in [1.807, 2.05) is 18.2 Å². The van der Waals surface area contributed by atoms with Gasteiger partial charge in [0.15, 0.2) is 0 Å². The van der Waals surface area contributed by atoms with Crippen LogP contribution in [0.3, 0.4) is 0 Å². The van der Waals surface area contributed by atoms with Gasteiger partial charge in [0.2, 0.25) is 0 Å². The highest BCUT2D eigenvalue weighted by Gasteiger charge is 2.30. The Morgan fingerprint density at radius 2 is 1.86 bits per heavy atom. The third-order valence-corrected chi connectivity index (χ3v) is 5.22. The lowest BCUT2D eigenvalue weighted by Crippen LogP contribution is -2.30. The molecule has 0 unspecified atom stereocenters. The number of halogens is 3. The van der Waals surface area contributed by atoms with Crippen molar-refractivity contribution in [1.29, 1.82) is 0 Å². The number of benzene rings is 2. The molecular weight excluding hydrogens is 369 g/mol. The molecule has 0 radical (unpaired) electrons. The van der Waals surface area contributed by atoms with E-state index in [9.17, 15) is 18.3 Å². The summed E-state index contributed by atoms with van der Waals surface area (Å²) in [7, 11) is 0. The SMILES string of the molecule is OC[C@H]1CCN(C2=NCCOc3ccc(-c4ccc(C(F)(F)F)cc4)cc32)C1. The average Bonchev–Trinajstić information content (AvgIpc) is 3.07. The summed E-state index contributed by atoms with van der Waals surface area (Å²) in [5.74, 6) is 1.78. The minimum Gasteiger partial charge on any atom is -0.491 e. The first-order chi connectivity index (χ1) is 13.5. The topological polar surface area (TPSA) is 45.1 Å². The quantitative estimate of drug-likeness (QED) is 0.848. The molecule has 1 N–H and O–H groups in total. The standard InChI is InChI=1S/C21H21F3N2O2/c22-21(23,24)17-4-1-15(2-5-17)16-3-6-19-18(11-16)20(25-8-10-28-19)26-9-7-14(12-26)13-27/h1-6,11,14,27H,7-10,12-13H2/t14-/m0/s1. The maximum absolute atomic E-state index is 12.8. The molecule has 0 aromatic heterocycles. The Labute approximate surface area is 161 Å². The monoisotopic (exact) mass is 390 g/mol. The molecule has 2 aliphatic rings. The fraction of sp³-hybridized carbons (Fsp3) is 0.381. The van der Waals surface area contributed by atoms with Crippen LogP contribution in [0.4, 0.5) is 13.2 Å². The molecule has 7 heteroatoms. The highest BCUT2D eigenvalue weighted by atomic mass is 19.4. The minimum absolute atomic E-state index is 0.152. The molecule has 1 saturated heterocycles. The maximum Gasteiger partial charge on any atom is 0.416 e. The third-order valence-electron chi connectivity index (χ3n) is 5.22. The number of aliphatic imine (C=N–C) groups is 1. The van der Waals surface area contributed by atoms with Gasteiger partial charge >= 0.3 is 6.18 Å². The van der Waals surface area contributed by atoms with Gasteiger partial charge in [-0.25, -0.2) is 0 Å². The predicted octanol–water partition coefficient (Wildman–Crippen LogP) is 3.83. The van der Waals surface area contributed by atoms with Crippen LogP contribution >= 0.6 is 0 Å².